The van der Waals surface area contributed by atoms with Crippen LogP contribution in [-0.4, -0.2) is 47.8 Å². The number of aliphatic hydroxyl groups excluding tert-OH is 1. The normalized spacial score (nSPS) is 13.5. The standard InChI is InChI=1S/C14H20N2O4/c1-15-12(9-10-5-3-2-4-6-10)13(18)16-11(7-8-17)14(19)20/h2-6,11-12,15,17H,7-9H2,1H3,(H,16,18)(H,19,20)/t11-,12-/m0/s1. The second-order valence-corrected chi connectivity index (χ2v) is 4.44. The number of amides is 1. The van der Waals surface area contributed by atoms with Crippen molar-refractivity contribution in [1.29, 1.82) is 0 Å². The number of carboxylic acid groups (broad SMARTS) is 1. The highest BCUT2D eigenvalue weighted by molar-refractivity contribution is 5.87. The van der Waals surface area contributed by atoms with Crippen LogP contribution in [-0.2, 0) is 16.0 Å². The molecule has 0 bridgehead atoms. The summed E-state index contributed by atoms with van der Waals surface area (Å²) in [5, 5.41) is 23.0. The van der Waals surface area contributed by atoms with E-state index in [1.807, 2.05) is 30.3 Å². The zero-order valence-electron chi connectivity index (χ0n) is 11.4. The van der Waals surface area contributed by atoms with Crippen molar-refractivity contribution in [3.63, 3.8) is 0 Å². The van der Waals surface area contributed by atoms with E-state index in [9.17, 15) is 9.59 Å². The average molecular weight is 280 g/mol. The number of carbonyl (C=O) groups excluding carboxylic acids is 1. The minimum absolute atomic E-state index is 0.0111. The van der Waals surface area contributed by atoms with Gasteiger partial charge in [0.15, 0.2) is 0 Å². The summed E-state index contributed by atoms with van der Waals surface area (Å²) in [5.41, 5.74) is 0.982. The molecule has 1 aromatic carbocycles. The number of hydrogen-bond acceptors (Lipinski definition) is 4. The highest BCUT2D eigenvalue weighted by atomic mass is 16.4. The predicted octanol–water partition coefficient (Wildman–Crippen LogP) is -0.231. The van der Waals surface area contributed by atoms with Crippen LogP contribution in [0.4, 0.5) is 0 Å². The Morgan fingerprint density at radius 2 is 1.85 bits per heavy atom. The number of carbonyl (C=O) groups is 2. The maximum atomic E-state index is 12.0. The van der Waals surface area contributed by atoms with E-state index in [1.165, 1.54) is 0 Å². The van der Waals surface area contributed by atoms with Crippen LogP contribution in [0.3, 0.4) is 0 Å². The monoisotopic (exact) mass is 280 g/mol. The summed E-state index contributed by atoms with van der Waals surface area (Å²) in [4.78, 5) is 23.0. The Morgan fingerprint density at radius 3 is 2.35 bits per heavy atom. The van der Waals surface area contributed by atoms with E-state index in [-0.39, 0.29) is 13.0 Å². The molecule has 1 amide bonds. The van der Waals surface area contributed by atoms with Gasteiger partial charge in [-0.15, -0.1) is 0 Å². The van der Waals surface area contributed by atoms with Gasteiger partial charge in [-0.25, -0.2) is 4.79 Å². The van der Waals surface area contributed by atoms with Crippen molar-refractivity contribution in [2.24, 2.45) is 0 Å². The first-order valence-corrected chi connectivity index (χ1v) is 6.43. The number of rotatable bonds is 8. The molecule has 6 heteroatoms. The Labute approximate surface area is 117 Å². The fourth-order valence-electron chi connectivity index (χ4n) is 1.83. The number of nitrogens with one attached hydrogen (secondary N) is 2. The van der Waals surface area contributed by atoms with Crippen molar-refractivity contribution in [2.45, 2.75) is 24.9 Å². The van der Waals surface area contributed by atoms with E-state index < -0.39 is 24.0 Å². The van der Waals surface area contributed by atoms with Crippen molar-refractivity contribution in [3.8, 4) is 0 Å². The number of benzene rings is 1. The largest absolute Gasteiger partial charge is 0.480 e. The van der Waals surface area contributed by atoms with Crippen LogP contribution in [0.15, 0.2) is 30.3 Å². The zero-order chi connectivity index (χ0) is 15.0. The van der Waals surface area contributed by atoms with Gasteiger partial charge in [-0.05, 0) is 19.0 Å². The van der Waals surface area contributed by atoms with Crippen LogP contribution in [0.1, 0.15) is 12.0 Å². The van der Waals surface area contributed by atoms with E-state index in [2.05, 4.69) is 10.6 Å². The van der Waals surface area contributed by atoms with Gasteiger partial charge < -0.3 is 20.8 Å². The molecule has 0 radical (unpaired) electrons. The molecule has 0 aliphatic carbocycles. The molecule has 0 aromatic heterocycles. The topological polar surface area (TPSA) is 98.7 Å². The van der Waals surface area contributed by atoms with Gasteiger partial charge >= 0.3 is 5.97 Å². The maximum Gasteiger partial charge on any atom is 0.326 e. The van der Waals surface area contributed by atoms with Crippen LogP contribution < -0.4 is 10.6 Å². The van der Waals surface area contributed by atoms with Crippen molar-refractivity contribution in [2.75, 3.05) is 13.7 Å². The lowest BCUT2D eigenvalue weighted by atomic mass is 10.0. The lowest BCUT2D eigenvalue weighted by Gasteiger charge is -2.19. The first-order chi connectivity index (χ1) is 9.58. The molecule has 2 atom stereocenters. The fraction of sp³-hybridized carbons (Fsp3) is 0.429. The Hall–Kier alpha value is -1.92. The summed E-state index contributed by atoms with van der Waals surface area (Å²) in [7, 11) is 1.65. The quantitative estimate of drug-likeness (QED) is 0.527. The van der Waals surface area contributed by atoms with E-state index in [4.69, 9.17) is 10.2 Å². The molecule has 0 aliphatic rings. The molecule has 1 rings (SSSR count). The molecule has 0 saturated carbocycles. The maximum absolute atomic E-state index is 12.0. The molecule has 6 nitrogen and oxygen atoms in total. The summed E-state index contributed by atoms with van der Waals surface area (Å²) in [5.74, 6) is -1.54. The Kier molecular flexibility index (Phi) is 6.69. The summed E-state index contributed by atoms with van der Waals surface area (Å²) in [6.07, 6.45) is 0.456. The molecular weight excluding hydrogens is 260 g/mol. The van der Waals surface area contributed by atoms with Gasteiger partial charge in [0.2, 0.25) is 5.91 Å². The minimum atomic E-state index is -1.15. The molecule has 0 heterocycles. The number of aliphatic hydroxyl groups is 1. The van der Waals surface area contributed by atoms with Crippen LogP contribution in [0, 0.1) is 0 Å². The second-order valence-electron chi connectivity index (χ2n) is 4.44. The molecule has 0 saturated heterocycles. The van der Waals surface area contributed by atoms with E-state index in [0.717, 1.165) is 5.56 Å². The van der Waals surface area contributed by atoms with Crippen molar-refractivity contribution < 1.29 is 19.8 Å². The van der Waals surface area contributed by atoms with E-state index >= 15 is 0 Å². The van der Waals surface area contributed by atoms with Gasteiger partial charge in [0, 0.05) is 13.0 Å². The first kappa shape index (κ1) is 16.1. The SMILES string of the molecule is CN[C@@H](Cc1ccccc1)C(=O)N[C@@H](CCO)C(=O)O. The lowest BCUT2D eigenvalue weighted by molar-refractivity contribution is -0.142. The molecule has 0 spiro atoms. The van der Waals surface area contributed by atoms with Crippen molar-refractivity contribution in [3.05, 3.63) is 35.9 Å². The second kappa shape index (κ2) is 8.29. The Balaban J connectivity index is 2.64. The molecular formula is C14H20N2O4. The van der Waals surface area contributed by atoms with Gasteiger partial charge in [-0.1, -0.05) is 30.3 Å². The summed E-state index contributed by atoms with van der Waals surface area (Å²) < 4.78 is 0. The van der Waals surface area contributed by atoms with Crippen LogP contribution in [0.2, 0.25) is 0 Å². The molecule has 110 valence electrons. The number of aliphatic carboxylic acids is 1. The van der Waals surface area contributed by atoms with Crippen molar-refractivity contribution in [1.82, 2.24) is 10.6 Å². The lowest BCUT2D eigenvalue weighted by Crippen LogP contribution is -2.50. The number of likely N-dealkylation sites (N-methyl/N-ethyl adjacent to an activating group) is 1. The van der Waals surface area contributed by atoms with Crippen molar-refractivity contribution >= 4 is 11.9 Å². The smallest absolute Gasteiger partial charge is 0.326 e. The van der Waals surface area contributed by atoms with Gasteiger partial charge in [0.1, 0.15) is 6.04 Å². The third-order valence-corrected chi connectivity index (χ3v) is 2.98. The molecule has 20 heavy (non-hydrogen) atoms. The van der Waals surface area contributed by atoms with Crippen LogP contribution in [0.5, 0.6) is 0 Å². The average Bonchev–Trinajstić information content (AvgIpc) is 2.45. The van der Waals surface area contributed by atoms with Gasteiger partial charge in [-0.3, -0.25) is 4.79 Å². The number of hydrogen-bond donors (Lipinski definition) is 4. The summed E-state index contributed by atoms with van der Waals surface area (Å²) >= 11 is 0. The van der Waals surface area contributed by atoms with E-state index in [1.54, 1.807) is 7.05 Å². The molecule has 0 aliphatic heterocycles. The summed E-state index contributed by atoms with van der Waals surface area (Å²) in [6.45, 7) is -0.292. The highest BCUT2D eigenvalue weighted by Gasteiger charge is 2.24. The first-order valence-electron chi connectivity index (χ1n) is 6.43. The number of carboxylic acids is 1. The highest BCUT2D eigenvalue weighted by Crippen LogP contribution is 2.04. The zero-order valence-corrected chi connectivity index (χ0v) is 11.4. The minimum Gasteiger partial charge on any atom is -0.480 e. The molecule has 4 N–H and O–H groups in total. The Bertz CT molecular complexity index is 436. The third kappa shape index (κ3) is 4.99. The molecule has 0 fully saturated rings. The fourth-order valence-corrected chi connectivity index (χ4v) is 1.83. The van der Waals surface area contributed by atoms with Crippen LogP contribution in [0.25, 0.3) is 0 Å². The van der Waals surface area contributed by atoms with Crippen LogP contribution >= 0.6 is 0 Å². The molecule has 1 aromatic rings. The van der Waals surface area contributed by atoms with Gasteiger partial charge in [0.25, 0.3) is 0 Å². The summed E-state index contributed by atoms with van der Waals surface area (Å²) in [6, 6.07) is 7.87. The van der Waals surface area contributed by atoms with E-state index in [0.29, 0.717) is 6.42 Å². The van der Waals surface area contributed by atoms with Gasteiger partial charge in [-0.2, -0.15) is 0 Å². The molecule has 0 unspecified atom stereocenters. The Morgan fingerprint density at radius 1 is 1.20 bits per heavy atom. The predicted molar refractivity (Wildman–Crippen MR) is 74.3 cm³/mol. The third-order valence-electron chi connectivity index (χ3n) is 2.98. The van der Waals surface area contributed by atoms with Gasteiger partial charge in [0.05, 0.1) is 6.04 Å².